The number of rotatable bonds is 6. The summed E-state index contributed by atoms with van der Waals surface area (Å²) in [5.74, 6) is 1.46. The van der Waals surface area contributed by atoms with Gasteiger partial charge in [0, 0.05) is 12.1 Å². The molecule has 0 aliphatic carbocycles. The summed E-state index contributed by atoms with van der Waals surface area (Å²) >= 11 is 0. The molecule has 4 nitrogen and oxygen atoms in total. The van der Waals surface area contributed by atoms with Crippen molar-refractivity contribution in [2.75, 3.05) is 13.7 Å². The molecule has 1 atom stereocenters. The minimum atomic E-state index is -0.437. The van der Waals surface area contributed by atoms with Gasteiger partial charge in [-0.3, -0.25) is 0 Å². The predicted octanol–water partition coefficient (Wildman–Crippen LogP) is 1.30. The summed E-state index contributed by atoms with van der Waals surface area (Å²) in [6.07, 6.45) is 0.237. The molecule has 0 aliphatic heterocycles. The van der Waals surface area contributed by atoms with E-state index in [1.807, 2.05) is 25.1 Å². The van der Waals surface area contributed by atoms with E-state index < -0.39 is 6.10 Å². The van der Waals surface area contributed by atoms with Gasteiger partial charge >= 0.3 is 0 Å². The normalized spacial score (nSPS) is 12.2. The average molecular weight is 225 g/mol. The summed E-state index contributed by atoms with van der Waals surface area (Å²) in [6.45, 7) is 2.58. The summed E-state index contributed by atoms with van der Waals surface area (Å²) in [7, 11) is 1.61. The van der Waals surface area contributed by atoms with E-state index in [1.54, 1.807) is 7.11 Å². The number of ether oxygens (including phenoxy) is 2. The van der Waals surface area contributed by atoms with Crippen LogP contribution < -0.4 is 15.2 Å². The van der Waals surface area contributed by atoms with Gasteiger partial charge in [-0.2, -0.15) is 0 Å². The van der Waals surface area contributed by atoms with Crippen molar-refractivity contribution in [3.8, 4) is 11.5 Å². The molecule has 0 bridgehead atoms. The van der Waals surface area contributed by atoms with E-state index in [0.29, 0.717) is 18.7 Å². The molecule has 0 amide bonds. The van der Waals surface area contributed by atoms with Crippen LogP contribution in [0, 0.1) is 0 Å². The molecule has 1 rings (SSSR count). The smallest absolute Gasteiger partial charge is 0.124 e. The second-order valence-electron chi connectivity index (χ2n) is 3.55. The minimum Gasteiger partial charge on any atom is -0.497 e. The van der Waals surface area contributed by atoms with E-state index in [0.717, 1.165) is 11.3 Å². The number of benzene rings is 1. The molecule has 1 aromatic carbocycles. The van der Waals surface area contributed by atoms with E-state index >= 15 is 0 Å². The van der Waals surface area contributed by atoms with Gasteiger partial charge < -0.3 is 20.3 Å². The zero-order valence-electron chi connectivity index (χ0n) is 9.77. The van der Waals surface area contributed by atoms with Gasteiger partial charge in [0.1, 0.15) is 18.1 Å². The first-order valence-corrected chi connectivity index (χ1v) is 5.39. The third-order valence-corrected chi connectivity index (χ3v) is 2.39. The first-order chi connectivity index (χ1) is 7.71. The number of nitrogens with two attached hydrogens (primary N) is 1. The average Bonchev–Trinajstić information content (AvgIpc) is 2.35. The molecule has 0 aromatic heterocycles. The zero-order chi connectivity index (χ0) is 12.0. The third kappa shape index (κ3) is 3.40. The molecule has 0 spiro atoms. The van der Waals surface area contributed by atoms with Crippen LogP contribution in [0.3, 0.4) is 0 Å². The lowest BCUT2D eigenvalue weighted by molar-refractivity contribution is 0.104. The Bertz CT molecular complexity index is 328. The SMILES string of the molecule is CCC(O)COc1ccc(OC)cc1CN. The largest absolute Gasteiger partial charge is 0.497 e. The van der Waals surface area contributed by atoms with Crippen molar-refractivity contribution in [1.82, 2.24) is 0 Å². The molecular formula is C12H19NO3. The van der Waals surface area contributed by atoms with E-state index in [9.17, 15) is 5.11 Å². The van der Waals surface area contributed by atoms with Crippen molar-refractivity contribution >= 4 is 0 Å². The Labute approximate surface area is 96.0 Å². The van der Waals surface area contributed by atoms with Crippen molar-refractivity contribution in [2.24, 2.45) is 5.73 Å². The number of hydrogen-bond donors (Lipinski definition) is 2. The Hall–Kier alpha value is -1.26. The van der Waals surface area contributed by atoms with Crippen molar-refractivity contribution in [2.45, 2.75) is 26.0 Å². The highest BCUT2D eigenvalue weighted by Crippen LogP contribution is 2.23. The fourth-order valence-corrected chi connectivity index (χ4v) is 1.29. The van der Waals surface area contributed by atoms with Crippen LogP contribution in [-0.4, -0.2) is 24.9 Å². The van der Waals surface area contributed by atoms with Gasteiger partial charge in [0.05, 0.1) is 13.2 Å². The maximum atomic E-state index is 9.40. The molecule has 3 N–H and O–H groups in total. The molecule has 0 fully saturated rings. The van der Waals surface area contributed by atoms with E-state index in [2.05, 4.69) is 0 Å². The highest BCUT2D eigenvalue weighted by atomic mass is 16.5. The van der Waals surface area contributed by atoms with Gasteiger partial charge in [0.25, 0.3) is 0 Å². The van der Waals surface area contributed by atoms with Crippen LogP contribution in [0.1, 0.15) is 18.9 Å². The van der Waals surface area contributed by atoms with E-state index in [-0.39, 0.29) is 6.61 Å². The molecule has 0 saturated heterocycles. The molecule has 0 saturated carbocycles. The van der Waals surface area contributed by atoms with Crippen LogP contribution in [-0.2, 0) is 6.54 Å². The first-order valence-electron chi connectivity index (χ1n) is 5.39. The van der Waals surface area contributed by atoms with Crippen molar-refractivity contribution < 1.29 is 14.6 Å². The Kier molecular flexibility index (Phi) is 5.08. The molecule has 90 valence electrons. The Balaban J connectivity index is 2.71. The lowest BCUT2D eigenvalue weighted by Crippen LogP contribution is -2.17. The van der Waals surface area contributed by atoms with E-state index in [1.165, 1.54) is 0 Å². The lowest BCUT2D eigenvalue weighted by atomic mass is 10.2. The Morgan fingerprint density at radius 1 is 1.44 bits per heavy atom. The van der Waals surface area contributed by atoms with Gasteiger partial charge in [0.2, 0.25) is 0 Å². The number of aliphatic hydroxyl groups is 1. The number of methoxy groups -OCH3 is 1. The van der Waals surface area contributed by atoms with Crippen LogP contribution in [0.2, 0.25) is 0 Å². The van der Waals surface area contributed by atoms with Crippen molar-refractivity contribution in [3.05, 3.63) is 23.8 Å². The second kappa shape index (κ2) is 6.35. The van der Waals surface area contributed by atoms with Crippen molar-refractivity contribution in [1.29, 1.82) is 0 Å². The summed E-state index contributed by atoms with van der Waals surface area (Å²) in [6, 6.07) is 5.46. The quantitative estimate of drug-likeness (QED) is 0.766. The van der Waals surface area contributed by atoms with Gasteiger partial charge in [0.15, 0.2) is 0 Å². The minimum absolute atomic E-state index is 0.288. The fourth-order valence-electron chi connectivity index (χ4n) is 1.29. The molecule has 16 heavy (non-hydrogen) atoms. The monoisotopic (exact) mass is 225 g/mol. The molecule has 0 heterocycles. The van der Waals surface area contributed by atoms with Gasteiger partial charge in [-0.1, -0.05) is 6.92 Å². The maximum absolute atomic E-state index is 9.40. The van der Waals surface area contributed by atoms with Gasteiger partial charge in [-0.15, -0.1) is 0 Å². The third-order valence-electron chi connectivity index (χ3n) is 2.39. The topological polar surface area (TPSA) is 64.7 Å². The van der Waals surface area contributed by atoms with Crippen LogP contribution >= 0.6 is 0 Å². The van der Waals surface area contributed by atoms with Crippen LogP contribution in [0.5, 0.6) is 11.5 Å². The Morgan fingerprint density at radius 2 is 2.19 bits per heavy atom. The second-order valence-corrected chi connectivity index (χ2v) is 3.55. The van der Waals surface area contributed by atoms with Crippen LogP contribution in [0.25, 0.3) is 0 Å². The lowest BCUT2D eigenvalue weighted by Gasteiger charge is -2.14. The molecule has 1 unspecified atom stereocenters. The number of hydrogen-bond acceptors (Lipinski definition) is 4. The zero-order valence-corrected chi connectivity index (χ0v) is 9.77. The number of aliphatic hydroxyl groups excluding tert-OH is 1. The first kappa shape index (κ1) is 12.8. The summed E-state index contributed by atoms with van der Waals surface area (Å²) in [4.78, 5) is 0. The standard InChI is InChI=1S/C12H19NO3/c1-3-10(14)8-16-12-5-4-11(15-2)6-9(12)7-13/h4-6,10,14H,3,7-8,13H2,1-2H3. The van der Waals surface area contributed by atoms with Gasteiger partial charge in [-0.05, 0) is 24.6 Å². The molecule has 0 aliphatic rings. The summed E-state index contributed by atoms with van der Waals surface area (Å²) in [5, 5.41) is 9.40. The van der Waals surface area contributed by atoms with Gasteiger partial charge in [-0.25, -0.2) is 0 Å². The maximum Gasteiger partial charge on any atom is 0.124 e. The van der Waals surface area contributed by atoms with Crippen LogP contribution in [0.15, 0.2) is 18.2 Å². The fraction of sp³-hybridized carbons (Fsp3) is 0.500. The highest BCUT2D eigenvalue weighted by molar-refractivity contribution is 5.40. The molecular weight excluding hydrogens is 206 g/mol. The van der Waals surface area contributed by atoms with Crippen molar-refractivity contribution in [3.63, 3.8) is 0 Å². The van der Waals surface area contributed by atoms with E-state index in [4.69, 9.17) is 15.2 Å². The molecule has 4 heteroatoms. The predicted molar refractivity (Wildman–Crippen MR) is 62.7 cm³/mol. The summed E-state index contributed by atoms with van der Waals surface area (Å²) in [5.41, 5.74) is 6.49. The Morgan fingerprint density at radius 3 is 2.75 bits per heavy atom. The molecule has 1 aromatic rings. The van der Waals surface area contributed by atoms with Crippen LogP contribution in [0.4, 0.5) is 0 Å². The molecule has 0 radical (unpaired) electrons. The summed E-state index contributed by atoms with van der Waals surface area (Å²) < 4.78 is 10.6. The highest BCUT2D eigenvalue weighted by Gasteiger charge is 2.07.